The molecule has 122 valence electrons. The Kier molecular flexibility index (Phi) is 4.90. The molecular formula is C17H15BrN4O2. The fourth-order valence-electron chi connectivity index (χ4n) is 2.09. The summed E-state index contributed by atoms with van der Waals surface area (Å²) in [5.74, 6) is 0.630. The van der Waals surface area contributed by atoms with Crippen molar-refractivity contribution in [2.75, 3.05) is 0 Å². The van der Waals surface area contributed by atoms with Gasteiger partial charge in [-0.05, 0) is 35.9 Å². The van der Waals surface area contributed by atoms with E-state index >= 15 is 0 Å². The molecule has 2 heterocycles. The van der Waals surface area contributed by atoms with Crippen molar-refractivity contribution in [2.24, 2.45) is 7.05 Å². The number of aryl methyl sites for hydroxylation is 1. The molecule has 1 amide bonds. The molecule has 0 saturated carbocycles. The minimum atomic E-state index is -0.225. The summed E-state index contributed by atoms with van der Waals surface area (Å²) in [7, 11) is 1.90. The first kappa shape index (κ1) is 16.2. The van der Waals surface area contributed by atoms with E-state index in [2.05, 4.69) is 31.4 Å². The van der Waals surface area contributed by atoms with Crippen LogP contribution in [0.3, 0.4) is 0 Å². The Bertz CT molecular complexity index is 865. The summed E-state index contributed by atoms with van der Waals surface area (Å²) in [6.07, 6.45) is 5.11. The van der Waals surface area contributed by atoms with Gasteiger partial charge in [-0.3, -0.25) is 4.79 Å². The Morgan fingerprint density at radius 2 is 2.12 bits per heavy atom. The van der Waals surface area contributed by atoms with E-state index in [1.54, 1.807) is 6.08 Å². The van der Waals surface area contributed by atoms with E-state index in [1.165, 1.54) is 6.08 Å². The Morgan fingerprint density at radius 1 is 1.33 bits per heavy atom. The van der Waals surface area contributed by atoms with Crippen LogP contribution < -0.4 is 5.32 Å². The summed E-state index contributed by atoms with van der Waals surface area (Å²) in [5.41, 5.74) is 1.79. The predicted octanol–water partition coefficient (Wildman–Crippen LogP) is 3.17. The minimum Gasteiger partial charge on any atom is -0.348 e. The molecule has 7 heteroatoms. The minimum absolute atomic E-state index is 0.181. The van der Waals surface area contributed by atoms with Gasteiger partial charge in [-0.2, -0.15) is 4.98 Å². The van der Waals surface area contributed by atoms with E-state index in [0.717, 1.165) is 15.7 Å². The maximum Gasteiger partial charge on any atom is 0.246 e. The standard InChI is InChI=1S/C17H15BrN4O2/c1-22-10-2-3-14(22)17-20-16(24-21-17)11-19-15(23)9-6-12-4-7-13(18)8-5-12/h2-10H,11H2,1H3,(H,19,23). The number of hydrogen-bond donors (Lipinski definition) is 1. The summed E-state index contributed by atoms with van der Waals surface area (Å²) >= 11 is 3.37. The lowest BCUT2D eigenvalue weighted by atomic mass is 10.2. The molecule has 0 bridgehead atoms. The third-order valence-electron chi connectivity index (χ3n) is 3.35. The van der Waals surface area contributed by atoms with Crippen molar-refractivity contribution < 1.29 is 9.32 Å². The van der Waals surface area contributed by atoms with Crippen LogP contribution in [0.15, 0.2) is 57.7 Å². The highest BCUT2D eigenvalue weighted by molar-refractivity contribution is 9.10. The highest BCUT2D eigenvalue weighted by Gasteiger charge is 2.11. The number of benzene rings is 1. The molecule has 24 heavy (non-hydrogen) atoms. The molecule has 0 unspecified atom stereocenters. The van der Waals surface area contributed by atoms with Gasteiger partial charge in [-0.15, -0.1) is 0 Å². The smallest absolute Gasteiger partial charge is 0.246 e. The summed E-state index contributed by atoms with van der Waals surface area (Å²) in [4.78, 5) is 16.1. The summed E-state index contributed by atoms with van der Waals surface area (Å²) < 4.78 is 8.04. The number of aromatic nitrogens is 3. The summed E-state index contributed by atoms with van der Waals surface area (Å²) in [5, 5.41) is 6.63. The average Bonchev–Trinajstić information content (AvgIpc) is 3.21. The third kappa shape index (κ3) is 3.99. The average molecular weight is 387 g/mol. The van der Waals surface area contributed by atoms with Crippen LogP contribution in [-0.2, 0) is 18.4 Å². The van der Waals surface area contributed by atoms with Crippen molar-refractivity contribution >= 4 is 27.9 Å². The molecule has 0 fully saturated rings. The first-order chi connectivity index (χ1) is 11.6. The van der Waals surface area contributed by atoms with Gasteiger partial charge in [0.2, 0.25) is 17.6 Å². The molecule has 3 aromatic rings. The second-order valence-corrected chi connectivity index (χ2v) is 6.03. The number of carbonyl (C=O) groups excluding carboxylic acids is 1. The van der Waals surface area contributed by atoms with Gasteiger partial charge in [0.25, 0.3) is 0 Å². The molecule has 0 atom stereocenters. The number of nitrogens with one attached hydrogen (secondary N) is 1. The molecule has 1 aromatic carbocycles. The largest absolute Gasteiger partial charge is 0.348 e. The lowest BCUT2D eigenvalue weighted by molar-refractivity contribution is -0.116. The fraction of sp³-hybridized carbons (Fsp3) is 0.118. The summed E-state index contributed by atoms with van der Waals surface area (Å²) in [6, 6.07) is 11.5. The van der Waals surface area contributed by atoms with Crippen LogP contribution in [0.1, 0.15) is 11.5 Å². The lowest BCUT2D eigenvalue weighted by Crippen LogP contribution is -2.20. The SMILES string of the molecule is Cn1cccc1-c1noc(CNC(=O)C=Cc2ccc(Br)cc2)n1. The Morgan fingerprint density at radius 3 is 2.83 bits per heavy atom. The number of carbonyl (C=O) groups is 1. The van der Waals surface area contributed by atoms with E-state index in [0.29, 0.717) is 11.7 Å². The van der Waals surface area contributed by atoms with Crippen molar-refractivity contribution in [3.05, 3.63) is 64.6 Å². The van der Waals surface area contributed by atoms with Crippen molar-refractivity contribution in [1.29, 1.82) is 0 Å². The van der Waals surface area contributed by atoms with Gasteiger partial charge in [0, 0.05) is 23.8 Å². The van der Waals surface area contributed by atoms with Gasteiger partial charge in [-0.25, -0.2) is 0 Å². The second kappa shape index (κ2) is 7.27. The summed E-state index contributed by atoms with van der Waals surface area (Å²) in [6.45, 7) is 0.181. The van der Waals surface area contributed by atoms with Crippen LogP contribution in [0.5, 0.6) is 0 Å². The highest BCUT2D eigenvalue weighted by Crippen LogP contribution is 2.15. The number of nitrogens with zero attached hydrogens (tertiary/aromatic N) is 3. The first-order valence-electron chi connectivity index (χ1n) is 7.27. The van der Waals surface area contributed by atoms with Crippen molar-refractivity contribution in [3.63, 3.8) is 0 Å². The maximum atomic E-state index is 11.8. The molecule has 0 radical (unpaired) electrons. The zero-order chi connectivity index (χ0) is 16.9. The van der Waals surface area contributed by atoms with Crippen LogP contribution in [-0.4, -0.2) is 20.6 Å². The third-order valence-corrected chi connectivity index (χ3v) is 3.88. The van der Waals surface area contributed by atoms with Crippen LogP contribution >= 0.6 is 15.9 Å². The molecule has 0 aliphatic carbocycles. The van der Waals surface area contributed by atoms with Gasteiger partial charge in [-0.1, -0.05) is 33.2 Å². The molecule has 0 spiro atoms. The number of rotatable bonds is 5. The Hall–Kier alpha value is -2.67. The van der Waals surface area contributed by atoms with Gasteiger partial charge < -0.3 is 14.4 Å². The van der Waals surface area contributed by atoms with E-state index in [4.69, 9.17) is 4.52 Å². The van der Waals surface area contributed by atoms with Crippen LogP contribution in [0.4, 0.5) is 0 Å². The van der Waals surface area contributed by atoms with Crippen LogP contribution in [0.2, 0.25) is 0 Å². The van der Waals surface area contributed by atoms with Gasteiger partial charge in [0.15, 0.2) is 0 Å². The van der Waals surface area contributed by atoms with Crippen molar-refractivity contribution in [3.8, 4) is 11.5 Å². The number of amides is 1. The Balaban J connectivity index is 1.56. The van der Waals surface area contributed by atoms with E-state index in [1.807, 2.05) is 54.2 Å². The zero-order valence-electron chi connectivity index (χ0n) is 12.9. The molecule has 0 aliphatic heterocycles. The van der Waals surface area contributed by atoms with Gasteiger partial charge in [0.05, 0.1) is 12.2 Å². The molecule has 0 saturated heterocycles. The molecule has 0 aliphatic rings. The molecule has 6 nitrogen and oxygen atoms in total. The maximum absolute atomic E-state index is 11.8. The second-order valence-electron chi connectivity index (χ2n) is 5.12. The number of hydrogen-bond acceptors (Lipinski definition) is 4. The Labute approximate surface area is 147 Å². The first-order valence-corrected chi connectivity index (χ1v) is 8.07. The van der Waals surface area contributed by atoms with E-state index < -0.39 is 0 Å². The van der Waals surface area contributed by atoms with E-state index in [9.17, 15) is 4.79 Å². The normalized spacial score (nSPS) is 11.1. The highest BCUT2D eigenvalue weighted by atomic mass is 79.9. The van der Waals surface area contributed by atoms with Gasteiger partial charge in [0.1, 0.15) is 0 Å². The zero-order valence-corrected chi connectivity index (χ0v) is 14.5. The van der Waals surface area contributed by atoms with E-state index in [-0.39, 0.29) is 12.5 Å². The van der Waals surface area contributed by atoms with Gasteiger partial charge >= 0.3 is 0 Å². The number of halogens is 1. The molecular weight excluding hydrogens is 372 g/mol. The van der Waals surface area contributed by atoms with Crippen LogP contribution in [0.25, 0.3) is 17.6 Å². The molecule has 2 aromatic heterocycles. The molecule has 1 N–H and O–H groups in total. The van der Waals surface area contributed by atoms with Crippen molar-refractivity contribution in [1.82, 2.24) is 20.0 Å². The quantitative estimate of drug-likeness (QED) is 0.683. The monoisotopic (exact) mass is 386 g/mol. The van der Waals surface area contributed by atoms with Crippen molar-refractivity contribution in [2.45, 2.75) is 6.54 Å². The molecule has 3 rings (SSSR count). The topological polar surface area (TPSA) is 73.0 Å². The fourth-order valence-corrected chi connectivity index (χ4v) is 2.36. The predicted molar refractivity (Wildman–Crippen MR) is 93.7 cm³/mol. The van der Waals surface area contributed by atoms with Crippen LogP contribution in [0, 0.1) is 0 Å². The lowest BCUT2D eigenvalue weighted by Gasteiger charge is -1.97.